The maximum absolute atomic E-state index is 5.30. The summed E-state index contributed by atoms with van der Waals surface area (Å²) in [5.41, 5.74) is 15.5. The van der Waals surface area contributed by atoms with Crippen molar-refractivity contribution in [3.8, 4) is 73.0 Å². The quantitative estimate of drug-likeness (QED) is 0.118. The van der Waals surface area contributed by atoms with Gasteiger partial charge in [-0.3, -0.25) is 0 Å². The molecule has 0 bridgehead atoms. The lowest BCUT2D eigenvalue weighted by Crippen LogP contribution is -1.97. The lowest BCUT2D eigenvalue weighted by molar-refractivity contribution is 1.18. The predicted octanol–water partition coefficient (Wildman–Crippen LogP) is 18.2. The molecule has 0 amide bonds. The Labute approximate surface area is 411 Å². The van der Waals surface area contributed by atoms with Crippen LogP contribution in [0.5, 0.6) is 0 Å². The monoisotopic (exact) mass is 901 g/mol. The highest BCUT2D eigenvalue weighted by molar-refractivity contribution is 6.20. The van der Waals surface area contributed by atoms with Crippen LogP contribution in [-0.4, -0.2) is 14.5 Å². The van der Waals surface area contributed by atoms with Crippen LogP contribution < -0.4 is 0 Å². The van der Waals surface area contributed by atoms with Gasteiger partial charge in [0.2, 0.25) is 0 Å². The van der Waals surface area contributed by atoms with Gasteiger partial charge in [-0.2, -0.15) is 0 Å². The lowest BCUT2D eigenvalue weighted by atomic mass is 9.88. The lowest BCUT2D eigenvalue weighted by Gasteiger charge is -2.15. The fraction of sp³-hybridized carbons (Fsp3) is 0. The number of para-hydroxylation sites is 2. The fourth-order valence-electron chi connectivity index (χ4n) is 11.1. The third-order valence-corrected chi connectivity index (χ3v) is 14.4. The van der Waals surface area contributed by atoms with Crippen molar-refractivity contribution in [1.29, 1.82) is 0 Å². The summed E-state index contributed by atoms with van der Waals surface area (Å²) in [5, 5.41) is 12.4. The Morgan fingerprint density at radius 3 is 1.54 bits per heavy atom. The molecule has 0 spiro atoms. The Bertz CT molecular complexity index is 4360. The van der Waals surface area contributed by atoms with Gasteiger partial charge in [-0.05, 0) is 113 Å². The van der Waals surface area contributed by atoms with Crippen LogP contribution in [0.2, 0.25) is 0 Å². The first-order valence-corrected chi connectivity index (χ1v) is 24.3. The molecule has 14 rings (SSSR count). The van der Waals surface area contributed by atoms with Gasteiger partial charge in [0.1, 0.15) is 0 Å². The third-order valence-electron chi connectivity index (χ3n) is 14.4. The summed E-state index contributed by atoms with van der Waals surface area (Å²) in [6.45, 7) is 0. The standard InChI is InChI=1S/C68H43N3/c1-3-17-49(18-4-1)68-69-62(43-63(70-68)59-27-15-29-65-67(59)60-26-13-14-28-64(60)71(65)51-20-5-2-6-21-51)47-34-30-45(31-35-47)53-40-41-54(57-25-12-11-24-56(53)57)46-32-36-48(37-33-46)66-55-23-10-8-19-50(55)42-61-52-22-9-7-16-44(52)38-39-58(61)66/h1-43H. The molecule has 0 atom stereocenters. The molecule has 0 unspecified atom stereocenters. The Hall–Kier alpha value is -9.44. The summed E-state index contributed by atoms with van der Waals surface area (Å²) in [4.78, 5) is 10.5. The van der Waals surface area contributed by atoms with Crippen LogP contribution in [0, 0.1) is 0 Å². The number of nitrogens with zero attached hydrogens (tertiary/aromatic N) is 3. The molecule has 0 saturated heterocycles. The van der Waals surface area contributed by atoms with E-state index in [1.165, 1.54) is 81.7 Å². The van der Waals surface area contributed by atoms with Crippen molar-refractivity contribution in [2.45, 2.75) is 0 Å². The van der Waals surface area contributed by atoms with E-state index in [-0.39, 0.29) is 0 Å². The highest BCUT2D eigenvalue weighted by Crippen LogP contribution is 2.43. The molecular formula is C68H43N3. The molecule has 0 radical (unpaired) electrons. The van der Waals surface area contributed by atoms with Crippen LogP contribution in [0.1, 0.15) is 0 Å². The van der Waals surface area contributed by atoms with Gasteiger partial charge in [0.15, 0.2) is 5.82 Å². The van der Waals surface area contributed by atoms with Crippen molar-refractivity contribution < 1.29 is 0 Å². The van der Waals surface area contributed by atoms with Crippen LogP contribution in [0.4, 0.5) is 0 Å². The molecule has 0 saturated carbocycles. The summed E-state index contributed by atoms with van der Waals surface area (Å²) in [6.07, 6.45) is 0. The molecule has 3 heteroatoms. The highest BCUT2D eigenvalue weighted by Gasteiger charge is 2.20. The van der Waals surface area contributed by atoms with Gasteiger partial charge < -0.3 is 4.57 Å². The molecule has 330 valence electrons. The van der Waals surface area contributed by atoms with E-state index in [0.717, 1.165) is 50.4 Å². The van der Waals surface area contributed by atoms with Gasteiger partial charge in [0.25, 0.3) is 0 Å². The molecular weight excluding hydrogens is 859 g/mol. The molecule has 2 heterocycles. The van der Waals surface area contributed by atoms with Crippen molar-refractivity contribution in [3.05, 3.63) is 261 Å². The van der Waals surface area contributed by atoms with Gasteiger partial charge in [-0.1, -0.05) is 224 Å². The normalized spacial score (nSPS) is 11.7. The van der Waals surface area contributed by atoms with E-state index in [2.05, 4.69) is 247 Å². The van der Waals surface area contributed by atoms with Crippen LogP contribution in [0.3, 0.4) is 0 Å². The molecule has 0 aliphatic heterocycles. The van der Waals surface area contributed by atoms with Crippen LogP contribution in [0.25, 0.3) is 138 Å². The second-order valence-corrected chi connectivity index (χ2v) is 18.4. The SMILES string of the molecule is c1ccc(-c2nc(-c3ccc(-c4ccc(-c5ccc(-c6c7ccccc7cc7c6ccc6ccccc67)cc5)c5ccccc45)cc3)cc(-c3cccc4c3c3ccccc3n4-c3ccccc3)n2)cc1. The molecule has 12 aromatic carbocycles. The second kappa shape index (κ2) is 16.7. The van der Waals surface area contributed by atoms with E-state index in [9.17, 15) is 0 Å². The number of hydrogen-bond donors (Lipinski definition) is 0. The third kappa shape index (κ3) is 6.82. The van der Waals surface area contributed by atoms with E-state index in [0.29, 0.717) is 5.82 Å². The summed E-state index contributed by atoms with van der Waals surface area (Å²) < 4.78 is 2.36. The van der Waals surface area contributed by atoms with Crippen LogP contribution >= 0.6 is 0 Å². The zero-order chi connectivity index (χ0) is 46.8. The molecule has 3 nitrogen and oxygen atoms in total. The Morgan fingerprint density at radius 2 is 0.817 bits per heavy atom. The molecule has 0 N–H and O–H groups in total. The van der Waals surface area contributed by atoms with Crippen molar-refractivity contribution in [2.24, 2.45) is 0 Å². The first kappa shape index (κ1) is 40.6. The smallest absolute Gasteiger partial charge is 0.160 e. The average Bonchev–Trinajstić information content (AvgIpc) is 3.79. The van der Waals surface area contributed by atoms with E-state index < -0.39 is 0 Å². The Kier molecular flexibility index (Phi) is 9.53. The summed E-state index contributed by atoms with van der Waals surface area (Å²) in [7, 11) is 0. The minimum absolute atomic E-state index is 0.694. The molecule has 71 heavy (non-hydrogen) atoms. The average molecular weight is 902 g/mol. The minimum atomic E-state index is 0.694. The first-order chi connectivity index (χ1) is 35.2. The van der Waals surface area contributed by atoms with Gasteiger partial charge >= 0.3 is 0 Å². The zero-order valence-electron chi connectivity index (χ0n) is 38.7. The van der Waals surface area contributed by atoms with E-state index in [1.54, 1.807) is 0 Å². The topological polar surface area (TPSA) is 30.7 Å². The second-order valence-electron chi connectivity index (χ2n) is 18.4. The predicted molar refractivity (Wildman–Crippen MR) is 299 cm³/mol. The van der Waals surface area contributed by atoms with Crippen LogP contribution in [-0.2, 0) is 0 Å². The maximum atomic E-state index is 5.30. The highest BCUT2D eigenvalue weighted by atomic mass is 15.0. The van der Waals surface area contributed by atoms with Crippen LogP contribution in [0.15, 0.2) is 261 Å². The van der Waals surface area contributed by atoms with Crippen molar-refractivity contribution in [1.82, 2.24) is 14.5 Å². The number of fused-ring (bicyclic) bond motifs is 8. The summed E-state index contributed by atoms with van der Waals surface area (Å²) >= 11 is 0. The number of benzene rings is 12. The summed E-state index contributed by atoms with van der Waals surface area (Å²) in [5.74, 6) is 0.694. The fourth-order valence-corrected chi connectivity index (χ4v) is 11.1. The van der Waals surface area contributed by atoms with Crippen molar-refractivity contribution in [3.63, 3.8) is 0 Å². The molecule has 2 aromatic heterocycles. The zero-order valence-corrected chi connectivity index (χ0v) is 38.7. The van der Waals surface area contributed by atoms with E-state index in [4.69, 9.17) is 9.97 Å². The Morgan fingerprint density at radius 1 is 0.268 bits per heavy atom. The minimum Gasteiger partial charge on any atom is -0.309 e. The van der Waals surface area contributed by atoms with Gasteiger partial charge in [0.05, 0.1) is 22.4 Å². The number of aromatic nitrogens is 3. The number of hydrogen-bond acceptors (Lipinski definition) is 2. The van der Waals surface area contributed by atoms with E-state index in [1.807, 2.05) is 18.2 Å². The van der Waals surface area contributed by atoms with Crippen molar-refractivity contribution >= 4 is 64.9 Å². The molecule has 0 aliphatic carbocycles. The molecule has 0 aliphatic rings. The van der Waals surface area contributed by atoms with Crippen molar-refractivity contribution in [2.75, 3.05) is 0 Å². The number of rotatable bonds is 7. The maximum Gasteiger partial charge on any atom is 0.160 e. The van der Waals surface area contributed by atoms with Gasteiger partial charge in [-0.15, -0.1) is 0 Å². The summed E-state index contributed by atoms with van der Waals surface area (Å²) in [6, 6.07) is 94.2. The first-order valence-electron chi connectivity index (χ1n) is 24.3. The molecule has 14 aromatic rings. The largest absolute Gasteiger partial charge is 0.309 e. The van der Waals surface area contributed by atoms with Gasteiger partial charge in [-0.25, -0.2) is 9.97 Å². The Balaban J connectivity index is 0.843. The van der Waals surface area contributed by atoms with E-state index >= 15 is 0 Å². The van der Waals surface area contributed by atoms with Gasteiger partial charge in [0, 0.05) is 33.2 Å². The molecule has 0 fully saturated rings.